The largest absolute Gasteiger partial charge is 0.448 e. The summed E-state index contributed by atoms with van der Waals surface area (Å²) in [5.74, 6) is -0.417. The van der Waals surface area contributed by atoms with Gasteiger partial charge in [0.15, 0.2) is 5.60 Å². The van der Waals surface area contributed by atoms with E-state index in [4.69, 9.17) is 4.74 Å². The summed E-state index contributed by atoms with van der Waals surface area (Å²) in [4.78, 5) is 24.9. The Morgan fingerprint density at radius 1 is 1.19 bits per heavy atom. The van der Waals surface area contributed by atoms with E-state index >= 15 is 0 Å². The molecule has 2 bridgehead atoms. The molecule has 21 heavy (non-hydrogen) atoms. The number of ether oxygens (including phenoxy) is 1. The minimum absolute atomic E-state index is 0.175. The lowest BCUT2D eigenvalue weighted by atomic mass is 9.66. The van der Waals surface area contributed by atoms with Crippen LogP contribution in [0.15, 0.2) is 30.3 Å². The summed E-state index contributed by atoms with van der Waals surface area (Å²) in [5.41, 5.74) is -1.03. The maximum Gasteiger partial charge on any atom is 0.313 e. The molecule has 1 aromatic carbocycles. The van der Waals surface area contributed by atoms with Crippen molar-refractivity contribution < 1.29 is 14.3 Å². The fourth-order valence-electron chi connectivity index (χ4n) is 3.67. The first-order valence-electron chi connectivity index (χ1n) is 7.39. The van der Waals surface area contributed by atoms with Gasteiger partial charge in [-0.1, -0.05) is 44.2 Å². The summed E-state index contributed by atoms with van der Waals surface area (Å²) in [6, 6.07) is 9.73. The van der Waals surface area contributed by atoms with Crippen molar-refractivity contribution in [1.82, 2.24) is 5.32 Å². The summed E-state index contributed by atoms with van der Waals surface area (Å²) in [7, 11) is 0. The van der Waals surface area contributed by atoms with Gasteiger partial charge in [0.1, 0.15) is 0 Å². The van der Waals surface area contributed by atoms with Crippen LogP contribution >= 0.6 is 0 Å². The van der Waals surface area contributed by atoms with E-state index in [1.54, 1.807) is 0 Å². The van der Waals surface area contributed by atoms with Gasteiger partial charge >= 0.3 is 5.97 Å². The van der Waals surface area contributed by atoms with Crippen LogP contribution in [0.4, 0.5) is 0 Å². The minimum atomic E-state index is -1.02. The van der Waals surface area contributed by atoms with Gasteiger partial charge in [0.05, 0.1) is 5.41 Å². The van der Waals surface area contributed by atoms with Crippen LogP contribution in [0.3, 0.4) is 0 Å². The van der Waals surface area contributed by atoms with Crippen molar-refractivity contribution in [2.24, 2.45) is 10.8 Å². The number of benzene rings is 1. The zero-order valence-electron chi connectivity index (χ0n) is 12.7. The molecule has 3 rings (SSSR count). The Hall–Kier alpha value is -1.84. The van der Waals surface area contributed by atoms with E-state index in [1.165, 1.54) is 0 Å². The zero-order chi connectivity index (χ0) is 15.3. The second-order valence-corrected chi connectivity index (χ2v) is 6.84. The van der Waals surface area contributed by atoms with Crippen molar-refractivity contribution in [2.45, 2.75) is 45.8 Å². The molecule has 1 N–H and O–H groups in total. The molecular formula is C17H21NO3. The smallest absolute Gasteiger partial charge is 0.313 e. The maximum atomic E-state index is 12.7. The second-order valence-electron chi connectivity index (χ2n) is 6.84. The summed E-state index contributed by atoms with van der Waals surface area (Å²) >= 11 is 0. The minimum Gasteiger partial charge on any atom is -0.448 e. The van der Waals surface area contributed by atoms with Crippen LogP contribution < -0.4 is 5.32 Å². The third kappa shape index (κ3) is 1.68. The highest BCUT2D eigenvalue weighted by atomic mass is 16.6. The summed E-state index contributed by atoms with van der Waals surface area (Å²) in [6.45, 7) is 6.29. The van der Waals surface area contributed by atoms with Gasteiger partial charge in [-0.2, -0.15) is 0 Å². The fraction of sp³-hybridized carbons (Fsp3) is 0.529. The van der Waals surface area contributed by atoms with Crippen LogP contribution in [-0.2, 0) is 20.9 Å². The number of rotatable bonds is 3. The van der Waals surface area contributed by atoms with Crippen molar-refractivity contribution in [3.8, 4) is 0 Å². The first-order chi connectivity index (χ1) is 9.83. The van der Waals surface area contributed by atoms with Crippen molar-refractivity contribution in [3.05, 3.63) is 35.9 Å². The standard InChI is InChI=1S/C17H21NO3/c1-15(2)16(3)9-10-17(15,21-14(16)20)13(19)18-11-12-7-5-4-6-8-12/h4-8H,9-11H2,1-3H3,(H,18,19)/t16-,17+/m0/s1. The van der Waals surface area contributed by atoms with Crippen LogP contribution in [0.1, 0.15) is 39.2 Å². The first kappa shape index (κ1) is 14.1. The topological polar surface area (TPSA) is 55.4 Å². The van der Waals surface area contributed by atoms with Crippen molar-refractivity contribution in [1.29, 1.82) is 0 Å². The molecule has 4 heteroatoms. The number of carbonyl (C=O) groups excluding carboxylic acids is 2. The van der Waals surface area contributed by atoms with Gasteiger partial charge in [-0.15, -0.1) is 0 Å². The quantitative estimate of drug-likeness (QED) is 0.869. The molecule has 1 amide bonds. The lowest BCUT2D eigenvalue weighted by Crippen LogP contribution is -2.53. The molecule has 2 atom stereocenters. The maximum absolute atomic E-state index is 12.7. The third-order valence-electron chi connectivity index (χ3n) is 5.75. The molecule has 2 fully saturated rings. The van der Waals surface area contributed by atoms with Gasteiger partial charge in [0.2, 0.25) is 0 Å². The average molecular weight is 287 g/mol. The molecule has 2 aliphatic rings. The summed E-state index contributed by atoms with van der Waals surface area (Å²) in [5, 5.41) is 2.94. The number of nitrogens with one attached hydrogen (secondary N) is 1. The van der Waals surface area contributed by atoms with E-state index in [2.05, 4.69) is 5.32 Å². The number of esters is 1. The lowest BCUT2D eigenvalue weighted by molar-refractivity contribution is -0.168. The highest BCUT2D eigenvalue weighted by Gasteiger charge is 2.75. The molecule has 1 aromatic rings. The van der Waals surface area contributed by atoms with Crippen LogP contribution in [0.25, 0.3) is 0 Å². The normalized spacial score (nSPS) is 32.8. The molecule has 1 saturated heterocycles. The second kappa shape index (κ2) is 4.33. The molecule has 4 nitrogen and oxygen atoms in total. The van der Waals surface area contributed by atoms with E-state index in [0.717, 1.165) is 5.56 Å². The van der Waals surface area contributed by atoms with Crippen LogP contribution in [-0.4, -0.2) is 17.5 Å². The van der Waals surface area contributed by atoms with Crippen LogP contribution in [0, 0.1) is 10.8 Å². The van der Waals surface area contributed by atoms with Crippen LogP contribution in [0.5, 0.6) is 0 Å². The zero-order valence-corrected chi connectivity index (χ0v) is 12.7. The van der Waals surface area contributed by atoms with E-state index in [-0.39, 0.29) is 11.9 Å². The molecular weight excluding hydrogens is 266 g/mol. The third-order valence-corrected chi connectivity index (χ3v) is 5.75. The predicted octanol–water partition coefficient (Wildman–Crippen LogP) is 2.42. The Balaban J connectivity index is 1.80. The molecule has 0 spiro atoms. The van der Waals surface area contributed by atoms with E-state index in [1.807, 2.05) is 51.1 Å². The van der Waals surface area contributed by atoms with Gasteiger partial charge in [-0.25, -0.2) is 0 Å². The van der Waals surface area contributed by atoms with Gasteiger partial charge in [0, 0.05) is 12.0 Å². The van der Waals surface area contributed by atoms with Crippen molar-refractivity contribution in [3.63, 3.8) is 0 Å². The van der Waals surface area contributed by atoms with Gasteiger partial charge in [-0.3, -0.25) is 9.59 Å². The van der Waals surface area contributed by atoms with Crippen molar-refractivity contribution in [2.75, 3.05) is 0 Å². The van der Waals surface area contributed by atoms with Gasteiger partial charge in [-0.05, 0) is 25.3 Å². The molecule has 0 aromatic heterocycles. The molecule has 1 aliphatic carbocycles. The lowest BCUT2D eigenvalue weighted by Gasteiger charge is -2.35. The Labute approximate surface area is 124 Å². The van der Waals surface area contributed by atoms with E-state index < -0.39 is 16.4 Å². The molecule has 1 heterocycles. The number of carbonyl (C=O) groups is 2. The molecule has 0 radical (unpaired) electrons. The number of amides is 1. The Bertz CT molecular complexity index is 595. The Morgan fingerprint density at radius 2 is 1.86 bits per heavy atom. The van der Waals surface area contributed by atoms with Gasteiger partial charge < -0.3 is 10.1 Å². The van der Waals surface area contributed by atoms with Crippen LogP contribution in [0.2, 0.25) is 0 Å². The fourth-order valence-corrected chi connectivity index (χ4v) is 3.67. The molecule has 1 aliphatic heterocycles. The average Bonchev–Trinajstić information content (AvgIpc) is 2.76. The predicted molar refractivity (Wildman–Crippen MR) is 78.2 cm³/mol. The number of hydrogen-bond donors (Lipinski definition) is 1. The molecule has 112 valence electrons. The van der Waals surface area contributed by atoms with E-state index in [9.17, 15) is 9.59 Å². The first-order valence-corrected chi connectivity index (χ1v) is 7.39. The number of fused-ring (bicyclic) bond motifs is 2. The molecule has 0 unspecified atom stereocenters. The highest BCUT2D eigenvalue weighted by Crippen LogP contribution is 2.65. The van der Waals surface area contributed by atoms with E-state index in [0.29, 0.717) is 19.4 Å². The Kier molecular flexibility index (Phi) is 2.91. The number of hydrogen-bond acceptors (Lipinski definition) is 3. The monoisotopic (exact) mass is 287 g/mol. The Morgan fingerprint density at radius 3 is 2.38 bits per heavy atom. The summed E-state index contributed by atoms with van der Waals surface area (Å²) < 4.78 is 5.57. The summed E-state index contributed by atoms with van der Waals surface area (Å²) in [6.07, 6.45) is 1.31. The van der Waals surface area contributed by atoms with Gasteiger partial charge in [0.25, 0.3) is 5.91 Å². The highest BCUT2D eigenvalue weighted by molar-refractivity contribution is 5.96. The van der Waals surface area contributed by atoms with Crippen molar-refractivity contribution >= 4 is 11.9 Å². The SMILES string of the molecule is CC1(C)[C@@]2(C)CC[C@]1(C(=O)NCc1ccccc1)OC2=O. The molecule has 1 saturated carbocycles.